The second-order valence-electron chi connectivity index (χ2n) is 10.7. The van der Waals surface area contributed by atoms with Gasteiger partial charge in [0.15, 0.2) is 17.2 Å². The fraction of sp³-hybridized carbons (Fsp3) is 0.519. The molecule has 0 saturated carbocycles. The smallest absolute Gasteiger partial charge is 0.274 e. The zero-order chi connectivity index (χ0) is 25.5. The van der Waals surface area contributed by atoms with E-state index >= 15 is 0 Å². The van der Waals surface area contributed by atoms with Crippen molar-refractivity contribution in [2.24, 2.45) is 10.8 Å². The van der Waals surface area contributed by atoms with Gasteiger partial charge >= 0.3 is 0 Å². The lowest BCUT2D eigenvalue weighted by Crippen LogP contribution is -2.46. The van der Waals surface area contributed by atoms with Crippen molar-refractivity contribution in [2.75, 3.05) is 20.7 Å². The van der Waals surface area contributed by atoms with Crippen molar-refractivity contribution in [2.45, 2.75) is 59.9 Å². The largest absolute Gasteiger partial charge is 0.503 e. The Kier molecular flexibility index (Phi) is 9.07. The minimum atomic E-state index is -0.696. The molecule has 0 aliphatic heterocycles. The van der Waals surface area contributed by atoms with Gasteiger partial charge in [0, 0.05) is 37.3 Å². The summed E-state index contributed by atoms with van der Waals surface area (Å²) in [5.74, 6) is -0.582. The van der Waals surface area contributed by atoms with Crippen molar-refractivity contribution in [1.82, 2.24) is 15.2 Å². The van der Waals surface area contributed by atoms with Crippen LogP contribution in [-0.2, 0) is 11.2 Å². The van der Waals surface area contributed by atoms with Gasteiger partial charge in [-0.25, -0.2) is 4.98 Å². The van der Waals surface area contributed by atoms with Crippen LogP contribution in [0.4, 0.5) is 0 Å². The van der Waals surface area contributed by atoms with E-state index in [1.54, 1.807) is 4.90 Å². The van der Waals surface area contributed by atoms with E-state index in [9.17, 15) is 14.7 Å². The zero-order valence-electron chi connectivity index (χ0n) is 21.5. The van der Waals surface area contributed by atoms with Crippen LogP contribution in [0.15, 0.2) is 42.6 Å². The van der Waals surface area contributed by atoms with E-state index in [2.05, 4.69) is 43.2 Å². The van der Waals surface area contributed by atoms with Crippen LogP contribution < -0.4 is 10.1 Å². The van der Waals surface area contributed by atoms with Crippen LogP contribution in [-0.4, -0.2) is 53.5 Å². The molecule has 0 unspecified atom stereocenters. The summed E-state index contributed by atoms with van der Waals surface area (Å²) in [7, 11) is 3.24. The first-order valence-corrected chi connectivity index (χ1v) is 11.7. The number of hydrogen-bond acceptors (Lipinski definition) is 5. The van der Waals surface area contributed by atoms with E-state index < -0.39 is 11.3 Å². The van der Waals surface area contributed by atoms with Gasteiger partial charge in [-0.05, 0) is 30.2 Å². The molecule has 1 atom stereocenters. The summed E-state index contributed by atoms with van der Waals surface area (Å²) in [6.45, 7) is 10.7. The molecule has 186 valence electrons. The fourth-order valence-corrected chi connectivity index (χ4v) is 4.20. The molecule has 7 heteroatoms. The standard InChI is InChI=1S/C27H39N3O4/c1-26(2,3)17-20(29-24(32)22-23(31)21(34-7)13-15-28-22)18-27(4,5)25(33)30(6)16-14-19-11-9-8-10-12-19/h8-13,15,20,31H,14,16-18H2,1-7H3,(H,29,32)/t20-/m1/s1. The average molecular weight is 470 g/mol. The Morgan fingerprint density at radius 3 is 2.32 bits per heavy atom. The summed E-state index contributed by atoms with van der Waals surface area (Å²) in [4.78, 5) is 32.1. The van der Waals surface area contributed by atoms with Gasteiger partial charge < -0.3 is 20.1 Å². The summed E-state index contributed by atoms with van der Waals surface area (Å²) < 4.78 is 5.09. The molecule has 0 saturated heterocycles. The van der Waals surface area contributed by atoms with Gasteiger partial charge in [-0.3, -0.25) is 9.59 Å². The Hall–Kier alpha value is -3.09. The van der Waals surface area contributed by atoms with Gasteiger partial charge in [-0.15, -0.1) is 0 Å². The fourth-order valence-electron chi connectivity index (χ4n) is 4.20. The number of benzene rings is 1. The number of nitrogens with one attached hydrogen (secondary N) is 1. The summed E-state index contributed by atoms with van der Waals surface area (Å²) in [5, 5.41) is 13.3. The Bertz CT molecular complexity index is 968. The Morgan fingerprint density at radius 2 is 1.74 bits per heavy atom. The molecule has 1 aromatic carbocycles. The van der Waals surface area contributed by atoms with Crippen molar-refractivity contribution >= 4 is 11.8 Å². The first-order chi connectivity index (χ1) is 15.8. The number of likely N-dealkylation sites (N-methyl/N-ethyl adjacent to an activating group) is 1. The number of aromatic nitrogens is 1. The molecule has 0 bridgehead atoms. The van der Waals surface area contributed by atoms with Crippen LogP contribution >= 0.6 is 0 Å². The quantitative estimate of drug-likeness (QED) is 0.536. The van der Waals surface area contributed by atoms with Gasteiger partial charge in [0.1, 0.15) is 0 Å². The molecule has 0 aliphatic rings. The first-order valence-electron chi connectivity index (χ1n) is 11.7. The summed E-state index contributed by atoms with van der Waals surface area (Å²) >= 11 is 0. The third-order valence-electron chi connectivity index (χ3n) is 5.78. The highest BCUT2D eigenvalue weighted by atomic mass is 16.5. The van der Waals surface area contributed by atoms with Crippen molar-refractivity contribution in [3.63, 3.8) is 0 Å². The second-order valence-corrected chi connectivity index (χ2v) is 10.7. The lowest BCUT2D eigenvalue weighted by molar-refractivity contribution is -0.139. The van der Waals surface area contributed by atoms with Crippen LogP contribution in [0.2, 0.25) is 0 Å². The van der Waals surface area contributed by atoms with Crippen molar-refractivity contribution in [3.8, 4) is 11.5 Å². The van der Waals surface area contributed by atoms with Crippen LogP contribution in [0.5, 0.6) is 11.5 Å². The molecule has 2 N–H and O–H groups in total. The Labute approximate surface area is 203 Å². The molecule has 0 aliphatic carbocycles. The lowest BCUT2D eigenvalue weighted by atomic mass is 9.78. The monoisotopic (exact) mass is 469 g/mol. The summed E-state index contributed by atoms with van der Waals surface area (Å²) in [6.07, 6.45) is 3.31. The number of hydrogen-bond donors (Lipinski definition) is 2. The minimum absolute atomic E-state index is 0.0268. The van der Waals surface area contributed by atoms with E-state index in [1.165, 1.54) is 24.9 Å². The molecule has 2 aromatic rings. The molecular formula is C27H39N3O4. The van der Waals surface area contributed by atoms with Crippen molar-refractivity contribution in [3.05, 3.63) is 53.9 Å². The highest BCUT2D eigenvalue weighted by Gasteiger charge is 2.35. The SMILES string of the molecule is COc1ccnc(C(=O)N[C@H](CC(C)(C)C)CC(C)(C)C(=O)N(C)CCc2ccccc2)c1O. The molecule has 7 nitrogen and oxygen atoms in total. The van der Waals surface area contributed by atoms with Crippen LogP contribution in [0.1, 0.15) is 63.5 Å². The first kappa shape index (κ1) is 27.2. The molecule has 0 spiro atoms. The summed E-state index contributed by atoms with van der Waals surface area (Å²) in [5.41, 5.74) is 0.310. The second kappa shape index (κ2) is 11.4. The van der Waals surface area contributed by atoms with Crippen molar-refractivity contribution < 1.29 is 19.4 Å². The number of aromatic hydroxyl groups is 1. The topological polar surface area (TPSA) is 91.8 Å². The molecule has 0 radical (unpaired) electrons. The molecule has 2 rings (SSSR count). The minimum Gasteiger partial charge on any atom is -0.503 e. The predicted molar refractivity (Wildman–Crippen MR) is 134 cm³/mol. The van der Waals surface area contributed by atoms with Crippen molar-refractivity contribution in [1.29, 1.82) is 0 Å². The number of nitrogens with zero attached hydrogens (tertiary/aromatic N) is 2. The number of carbonyl (C=O) groups excluding carboxylic acids is 2. The number of carbonyl (C=O) groups is 2. The van der Waals surface area contributed by atoms with Crippen LogP contribution in [0, 0.1) is 10.8 Å². The zero-order valence-corrected chi connectivity index (χ0v) is 21.5. The van der Waals surface area contributed by atoms with Gasteiger partial charge in [0.2, 0.25) is 5.91 Å². The number of pyridine rings is 1. The van der Waals surface area contributed by atoms with Crippen LogP contribution in [0.3, 0.4) is 0 Å². The lowest BCUT2D eigenvalue weighted by Gasteiger charge is -2.35. The van der Waals surface area contributed by atoms with Gasteiger partial charge in [-0.1, -0.05) is 65.0 Å². The van der Waals surface area contributed by atoms with E-state index in [0.29, 0.717) is 19.4 Å². The molecule has 34 heavy (non-hydrogen) atoms. The average Bonchev–Trinajstić information content (AvgIpc) is 2.76. The normalized spacial score (nSPS) is 12.7. The number of methoxy groups -OCH3 is 1. The van der Waals surface area contributed by atoms with Crippen LogP contribution in [0.25, 0.3) is 0 Å². The van der Waals surface area contributed by atoms with Gasteiger partial charge in [0.25, 0.3) is 5.91 Å². The van der Waals surface area contributed by atoms with Gasteiger partial charge in [-0.2, -0.15) is 0 Å². The maximum atomic E-state index is 13.3. The molecule has 2 amide bonds. The molecule has 0 fully saturated rings. The maximum absolute atomic E-state index is 13.3. The van der Waals surface area contributed by atoms with Gasteiger partial charge in [0.05, 0.1) is 7.11 Å². The highest BCUT2D eigenvalue weighted by Crippen LogP contribution is 2.32. The van der Waals surface area contributed by atoms with E-state index in [4.69, 9.17) is 4.74 Å². The van der Waals surface area contributed by atoms with E-state index in [1.807, 2.05) is 39.1 Å². The Morgan fingerprint density at radius 1 is 1.09 bits per heavy atom. The predicted octanol–water partition coefficient (Wildman–Crippen LogP) is 4.45. The third-order valence-corrected chi connectivity index (χ3v) is 5.78. The highest BCUT2D eigenvalue weighted by molar-refractivity contribution is 5.95. The number of amides is 2. The van der Waals surface area contributed by atoms with E-state index in [0.717, 1.165) is 6.42 Å². The number of rotatable bonds is 10. The summed E-state index contributed by atoms with van der Waals surface area (Å²) in [6, 6.07) is 11.3. The molecular weight excluding hydrogens is 430 g/mol. The maximum Gasteiger partial charge on any atom is 0.274 e. The molecule has 1 heterocycles. The molecule has 1 aromatic heterocycles. The third kappa shape index (κ3) is 7.75. The van der Waals surface area contributed by atoms with E-state index in [-0.39, 0.29) is 34.6 Å². The Balaban J connectivity index is 2.13. The number of ether oxygens (including phenoxy) is 1.